The molecule has 0 aromatic heterocycles. The molecule has 0 radical (unpaired) electrons. The number of hydrogen-bond donors (Lipinski definition) is 0. The predicted octanol–water partition coefficient (Wildman–Crippen LogP) is 12.6. The number of fused-ring (bicyclic) bond motifs is 5. The maximum atomic E-state index is 2.58. The van der Waals surface area contributed by atoms with E-state index in [0.717, 1.165) is 12.8 Å². The maximum absolute atomic E-state index is 2.58. The molecule has 0 unspecified atom stereocenters. The molecule has 0 saturated heterocycles. The topological polar surface area (TPSA) is 0 Å². The number of rotatable bonds is 2. The van der Waals surface area contributed by atoms with Gasteiger partial charge in [-0.1, -0.05) is 85.2 Å². The van der Waals surface area contributed by atoms with E-state index in [2.05, 4.69) is 148 Å². The molecular formula is C49H56Zr. The van der Waals surface area contributed by atoms with Crippen molar-refractivity contribution >= 4 is 3.21 Å². The van der Waals surface area contributed by atoms with Crippen LogP contribution in [0.15, 0.2) is 103 Å². The molecule has 0 aliphatic heterocycles. The van der Waals surface area contributed by atoms with Gasteiger partial charge >= 0.3 is 112 Å². The summed E-state index contributed by atoms with van der Waals surface area (Å²) in [5.74, 6) is 0. The first-order valence-electron chi connectivity index (χ1n) is 18.6. The third-order valence-corrected chi connectivity index (χ3v) is 13.2. The second-order valence-corrected chi connectivity index (χ2v) is 18.9. The van der Waals surface area contributed by atoms with E-state index < -0.39 is 0 Å². The fraction of sp³-hybridized carbons (Fsp3) is 0.367. The Morgan fingerprint density at radius 1 is 0.560 bits per heavy atom. The van der Waals surface area contributed by atoms with Crippen molar-refractivity contribution in [3.8, 4) is 11.1 Å². The quantitative estimate of drug-likeness (QED) is 0.155. The van der Waals surface area contributed by atoms with Crippen LogP contribution in [0.2, 0.25) is 0 Å². The first-order valence-corrected chi connectivity index (χ1v) is 19.8. The molecule has 0 saturated carbocycles. The molecule has 8 rings (SSSR count). The van der Waals surface area contributed by atoms with Crippen molar-refractivity contribution in [1.29, 1.82) is 0 Å². The van der Waals surface area contributed by atoms with Crippen molar-refractivity contribution in [2.24, 2.45) is 0 Å². The monoisotopic (exact) mass is 734 g/mol. The molecule has 3 aliphatic carbocycles. The minimum atomic E-state index is 0.165. The Labute approximate surface area is 318 Å². The summed E-state index contributed by atoms with van der Waals surface area (Å²) in [6.45, 7) is 23.6. The van der Waals surface area contributed by atoms with Crippen LogP contribution in [0.4, 0.5) is 0 Å². The van der Waals surface area contributed by atoms with Crippen molar-refractivity contribution in [3.63, 3.8) is 0 Å². The van der Waals surface area contributed by atoms with Gasteiger partial charge in [-0.2, -0.15) is 24.6 Å². The molecule has 50 heavy (non-hydrogen) atoms. The van der Waals surface area contributed by atoms with Gasteiger partial charge in [0.05, 0.1) is 0 Å². The van der Waals surface area contributed by atoms with Gasteiger partial charge in [0, 0.05) is 0 Å². The summed E-state index contributed by atoms with van der Waals surface area (Å²) in [6.07, 6.45) is 7.35. The Bertz CT molecular complexity index is 1830. The normalized spacial score (nSPS) is 18.2. The van der Waals surface area contributed by atoms with Gasteiger partial charge in [-0.25, -0.2) is 12.1 Å². The summed E-state index contributed by atoms with van der Waals surface area (Å²) in [7, 11) is 0. The molecule has 0 bridgehead atoms. The van der Waals surface area contributed by atoms with E-state index in [0.29, 0.717) is 0 Å². The second-order valence-electron chi connectivity index (χ2n) is 17.6. The molecule has 3 aliphatic rings. The number of benzene rings is 4. The summed E-state index contributed by atoms with van der Waals surface area (Å²) in [5.41, 5.74) is 18.7. The van der Waals surface area contributed by atoms with Crippen molar-refractivity contribution in [1.82, 2.24) is 0 Å². The average Bonchev–Trinajstić information content (AvgIpc) is 3.77. The van der Waals surface area contributed by atoms with Crippen LogP contribution in [0.25, 0.3) is 11.1 Å². The van der Waals surface area contributed by atoms with Gasteiger partial charge in [0.15, 0.2) is 0 Å². The van der Waals surface area contributed by atoms with E-state index in [1.165, 1.54) is 79.2 Å². The van der Waals surface area contributed by atoms with Gasteiger partial charge in [0.25, 0.3) is 0 Å². The minimum Gasteiger partial charge on any atom is -0.214 e. The second kappa shape index (κ2) is 13.8. The molecule has 0 nitrogen and oxygen atoms in total. The van der Waals surface area contributed by atoms with Gasteiger partial charge in [0.2, 0.25) is 0 Å². The fourth-order valence-corrected chi connectivity index (χ4v) is 8.87. The van der Waals surface area contributed by atoms with Crippen molar-refractivity contribution in [2.45, 2.75) is 117 Å². The Kier molecular flexibility index (Phi) is 10.2. The number of aryl methyl sites for hydroxylation is 2. The molecule has 5 aromatic carbocycles. The zero-order valence-corrected chi connectivity index (χ0v) is 34.7. The van der Waals surface area contributed by atoms with E-state index >= 15 is 0 Å². The third kappa shape index (κ3) is 7.46. The van der Waals surface area contributed by atoms with Crippen LogP contribution in [0, 0.1) is 20.3 Å². The van der Waals surface area contributed by atoms with E-state index in [1.54, 1.807) is 27.8 Å². The van der Waals surface area contributed by atoms with Crippen molar-refractivity contribution in [3.05, 3.63) is 165 Å². The van der Waals surface area contributed by atoms with Gasteiger partial charge in [0.1, 0.15) is 0 Å². The standard InChI is InChI=1S/C29H37.C15H14.C5H5.Zr/c1-26(2)9-11-28(5,6)24-16-20-18(14-22(24)26)13-19-15-23-25(17-21(19)20)29(7,8)12-10-27(23,3)4;1-12-3-7-14(8-4-12)11-15-9-5-13(2)6-10-15;1-2-4-5-3-1;/h9,14-17H,10-13H2,1-8H3;3-10H,1-2H3;1-5H;/q-1;;-1;+2. The summed E-state index contributed by atoms with van der Waals surface area (Å²) in [6, 6.07) is 37.8. The van der Waals surface area contributed by atoms with Gasteiger partial charge in [-0.05, 0) is 74.5 Å². The van der Waals surface area contributed by atoms with E-state index in [-0.39, 0.29) is 21.7 Å². The van der Waals surface area contributed by atoms with Crippen LogP contribution in [0.1, 0.15) is 130 Å². The number of hydrogen-bond acceptors (Lipinski definition) is 0. The molecule has 5 aromatic rings. The van der Waals surface area contributed by atoms with Crippen LogP contribution in [-0.4, -0.2) is 3.21 Å². The molecule has 0 N–H and O–H groups in total. The Balaban J connectivity index is 0.000000171. The van der Waals surface area contributed by atoms with Crippen LogP contribution < -0.4 is 0 Å². The zero-order valence-electron chi connectivity index (χ0n) is 32.2. The maximum Gasteiger partial charge on any atom is -0.172 e. The van der Waals surface area contributed by atoms with E-state index in [4.69, 9.17) is 0 Å². The Morgan fingerprint density at radius 2 is 0.980 bits per heavy atom. The minimum absolute atomic E-state index is 0.165. The largest absolute Gasteiger partial charge is 0.214 e. The molecule has 0 fully saturated rings. The van der Waals surface area contributed by atoms with Gasteiger partial charge < -0.3 is 6.42 Å². The molecule has 256 valence electrons. The predicted molar refractivity (Wildman–Crippen MR) is 213 cm³/mol. The van der Waals surface area contributed by atoms with Crippen LogP contribution in [-0.2, 0) is 52.3 Å². The van der Waals surface area contributed by atoms with Crippen LogP contribution in [0.3, 0.4) is 0 Å². The first-order chi connectivity index (χ1) is 23.5. The average molecular weight is 736 g/mol. The Hall–Kier alpha value is -3.02. The molecule has 1 heteroatoms. The first kappa shape index (κ1) is 36.8. The van der Waals surface area contributed by atoms with E-state index in [1.807, 2.05) is 30.3 Å². The summed E-state index contributed by atoms with van der Waals surface area (Å²) < 4.78 is 1.42. The molecule has 0 heterocycles. The van der Waals surface area contributed by atoms with Gasteiger partial charge in [-0.15, -0.1) is 5.41 Å². The fourth-order valence-electron chi connectivity index (χ4n) is 8.05. The van der Waals surface area contributed by atoms with Gasteiger partial charge in [-0.3, -0.25) is 0 Å². The van der Waals surface area contributed by atoms with Crippen LogP contribution >= 0.6 is 0 Å². The molecular weight excluding hydrogens is 680 g/mol. The third-order valence-electron chi connectivity index (χ3n) is 11.8. The summed E-state index contributed by atoms with van der Waals surface area (Å²) in [4.78, 5) is 0. The SMILES string of the molecule is CC1(C)[CH-]CC(C)(C)c2cc3c(cc21)Cc1cc2c(cc1-3)C(C)(C)CCC2(C)C.Cc1ccc([C](=[Zr+2])c2ccc(C)cc2)cc1.c1cc[cH-]c1. The Morgan fingerprint density at radius 3 is 1.42 bits per heavy atom. The summed E-state index contributed by atoms with van der Waals surface area (Å²) in [5, 5.41) is 0. The smallest absolute Gasteiger partial charge is 0.172 e. The van der Waals surface area contributed by atoms with Crippen LogP contribution in [0.5, 0.6) is 0 Å². The molecule has 0 amide bonds. The van der Waals surface area contributed by atoms with E-state index in [9.17, 15) is 0 Å². The van der Waals surface area contributed by atoms with Crippen molar-refractivity contribution < 1.29 is 24.2 Å². The molecule has 0 atom stereocenters. The van der Waals surface area contributed by atoms with Crippen molar-refractivity contribution in [2.75, 3.05) is 0 Å². The zero-order chi connectivity index (χ0) is 36.1. The summed E-state index contributed by atoms with van der Waals surface area (Å²) >= 11 is 1.46. The molecule has 0 spiro atoms.